The van der Waals surface area contributed by atoms with Gasteiger partial charge in [0.05, 0.1) is 15.9 Å². The summed E-state index contributed by atoms with van der Waals surface area (Å²) in [5.41, 5.74) is 5.70. The van der Waals surface area contributed by atoms with Crippen LogP contribution in [0.3, 0.4) is 0 Å². The van der Waals surface area contributed by atoms with Crippen molar-refractivity contribution in [3.63, 3.8) is 0 Å². The van der Waals surface area contributed by atoms with E-state index in [1.54, 1.807) is 30.5 Å². The fourth-order valence-electron chi connectivity index (χ4n) is 5.03. The summed E-state index contributed by atoms with van der Waals surface area (Å²) in [4.78, 5) is 9.11. The molecule has 6 rings (SSSR count). The first-order chi connectivity index (χ1) is 18.6. The van der Waals surface area contributed by atoms with Gasteiger partial charge in [0.1, 0.15) is 5.82 Å². The Balaban J connectivity index is 1.50. The molecule has 39 heavy (non-hydrogen) atoms. The predicted molar refractivity (Wildman–Crippen MR) is 157 cm³/mol. The summed E-state index contributed by atoms with van der Waals surface area (Å²) < 4.78 is 29.4. The Hall–Kier alpha value is -4.29. The smallest absolute Gasteiger partial charge is 0.223 e. The van der Waals surface area contributed by atoms with Crippen LogP contribution in [0, 0.1) is 6.92 Å². The van der Waals surface area contributed by atoms with Gasteiger partial charge in [-0.05, 0) is 83.1 Å². The molecule has 0 atom stereocenters. The molecule has 0 fully saturated rings. The van der Waals surface area contributed by atoms with Crippen LogP contribution in [-0.2, 0) is 15.3 Å². The Morgan fingerprint density at radius 2 is 1.44 bits per heavy atom. The molecule has 6 heteroatoms. The van der Waals surface area contributed by atoms with Crippen molar-refractivity contribution in [2.24, 2.45) is 0 Å². The number of aryl methyl sites for hydroxylation is 1. The van der Waals surface area contributed by atoms with Crippen LogP contribution >= 0.6 is 0 Å². The molecular formula is C33H29N3O2S. The van der Waals surface area contributed by atoms with Crippen molar-refractivity contribution in [1.29, 1.82) is 0 Å². The van der Waals surface area contributed by atoms with Crippen molar-refractivity contribution >= 4 is 31.6 Å². The van der Waals surface area contributed by atoms with Gasteiger partial charge < -0.3 is 0 Å². The molecule has 5 nitrogen and oxygen atoms in total. The summed E-state index contributed by atoms with van der Waals surface area (Å²) in [7, 11) is -3.80. The van der Waals surface area contributed by atoms with Gasteiger partial charge in [0, 0.05) is 23.2 Å². The maximum atomic E-state index is 13.6. The molecular weight excluding hydrogens is 502 g/mol. The Morgan fingerprint density at radius 3 is 2.23 bits per heavy atom. The van der Waals surface area contributed by atoms with Gasteiger partial charge in [-0.25, -0.2) is 18.4 Å². The highest BCUT2D eigenvalue weighted by molar-refractivity contribution is 7.91. The lowest BCUT2D eigenvalue weighted by Gasteiger charge is -2.19. The van der Waals surface area contributed by atoms with Crippen LogP contribution in [-0.4, -0.2) is 23.0 Å². The van der Waals surface area contributed by atoms with Crippen LogP contribution in [0.25, 0.3) is 38.8 Å². The number of rotatable bonds is 4. The van der Waals surface area contributed by atoms with E-state index in [9.17, 15) is 8.42 Å². The van der Waals surface area contributed by atoms with Gasteiger partial charge in [-0.1, -0.05) is 63.2 Å². The zero-order valence-electron chi connectivity index (χ0n) is 22.4. The minimum atomic E-state index is -3.80. The first kappa shape index (κ1) is 25.0. The van der Waals surface area contributed by atoms with Crippen LogP contribution in [0.5, 0.6) is 0 Å². The second-order valence-corrected chi connectivity index (χ2v) is 12.8. The second kappa shape index (κ2) is 9.17. The fourth-order valence-corrected chi connectivity index (χ4v) is 6.29. The zero-order chi connectivity index (χ0) is 27.4. The third-order valence-electron chi connectivity index (χ3n) is 7.16. The number of hydrogen-bond acceptors (Lipinski definition) is 4. The molecule has 0 unspecified atom stereocenters. The van der Waals surface area contributed by atoms with Gasteiger partial charge >= 0.3 is 0 Å². The number of aromatic nitrogens is 3. The number of para-hydroxylation sites is 1. The van der Waals surface area contributed by atoms with Gasteiger partial charge in [-0.2, -0.15) is 0 Å². The van der Waals surface area contributed by atoms with Crippen molar-refractivity contribution in [2.45, 2.75) is 43.0 Å². The van der Waals surface area contributed by atoms with Gasteiger partial charge in [-0.3, -0.25) is 4.57 Å². The minimum Gasteiger partial charge on any atom is -0.294 e. The van der Waals surface area contributed by atoms with Gasteiger partial charge in [0.25, 0.3) is 0 Å². The first-order valence-corrected chi connectivity index (χ1v) is 14.4. The van der Waals surface area contributed by atoms with E-state index in [1.807, 2.05) is 42.6 Å². The molecule has 0 saturated carbocycles. The van der Waals surface area contributed by atoms with E-state index in [1.165, 1.54) is 0 Å². The molecule has 0 bridgehead atoms. The average molecular weight is 532 g/mol. The number of sulfone groups is 1. The monoisotopic (exact) mass is 531 g/mol. The third-order valence-corrected chi connectivity index (χ3v) is 8.81. The normalized spacial score (nSPS) is 12.3. The van der Waals surface area contributed by atoms with Crippen molar-refractivity contribution in [3.05, 3.63) is 115 Å². The summed E-state index contributed by atoms with van der Waals surface area (Å²) in [6.45, 7) is 8.23. The van der Waals surface area contributed by atoms with E-state index < -0.39 is 9.84 Å². The Bertz CT molecular complexity index is 1980. The zero-order valence-corrected chi connectivity index (χ0v) is 23.2. The van der Waals surface area contributed by atoms with E-state index >= 15 is 0 Å². The average Bonchev–Trinajstić information content (AvgIpc) is 3.26. The number of hydrogen-bond donors (Lipinski definition) is 0. The van der Waals surface area contributed by atoms with Crippen molar-refractivity contribution in [3.8, 4) is 16.9 Å². The van der Waals surface area contributed by atoms with E-state index in [4.69, 9.17) is 0 Å². The molecule has 6 aromatic rings. The van der Waals surface area contributed by atoms with Crippen LogP contribution in [0.2, 0.25) is 0 Å². The van der Waals surface area contributed by atoms with E-state index in [2.05, 4.69) is 72.6 Å². The molecule has 0 saturated heterocycles. The third kappa shape index (κ3) is 4.41. The lowest BCUT2D eigenvalue weighted by Crippen LogP contribution is -2.13. The number of benzene rings is 3. The molecule has 0 spiro atoms. The number of nitrogens with zero attached hydrogens (tertiary/aromatic N) is 3. The summed E-state index contributed by atoms with van der Waals surface area (Å²) in [5, 5.41) is 2.32. The minimum absolute atomic E-state index is 0.0631. The van der Waals surface area contributed by atoms with Crippen LogP contribution < -0.4 is 0 Å². The molecule has 0 aliphatic carbocycles. The van der Waals surface area contributed by atoms with Gasteiger partial charge in [0.2, 0.25) is 9.84 Å². The van der Waals surface area contributed by atoms with Crippen molar-refractivity contribution < 1.29 is 8.42 Å². The SMILES string of the molecule is Cc1ccnc(-n2c3ccccc3c3ccc(-c4cccc(S(=O)(=O)c5cc(C(C)(C)C)ccn5)c4)cc32)c1. The molecule has 3 aromatic carbocycles. The Labute approximate surface area is 228 Å². The Kier molecular flexibility index (Phi) is 5.88. The summed E-state index contributed by atoms with van der Waals surface area (Å²) in [6, 6.07) is 29.3. The van der Waals surface area contributed by atoms with Crippen molar-refractivity contribution in [2.75, 3.05) is 0 Å². The highest BCUT2D eigenvalue weighted by Crippen LogP contribution is 2.35. The molecule has 0 amide bonds. The summed E-state index contributed by atoms with van der Waals surface area (Å²) >= 11 is 0. The second-order valence-electron chi connectivity index (χ2n) is 10.9. The van der Waals surface area contributed by atoms with Crippen LogP contribution in [0.15, 0.2) is 113 Å². The fraction of sp³-hybridized carbons (Fsp3) is 0.152. The Morgan fingerprint density at radius 1 is 0.692 bits per heavy atom. The lowest BCUT2D eigenvalue weighted by atomic mass is 9.88. The van der Waals surface area contributed by atoms with E-state index in [0.717, 1.165) is 49.9 Å². The topological polar surface area (TPSA) is 64.8 Å². The molecule has 0 N–H and O–H groups in total. The van der Waals surface area contributed by atoms with Crippen molar-refractivity contribution in [1.82, 2.24) is 14.5 Å². The molecule has 3 aromatic heterocycles. The van der Waals surface area contributed by atoms with E-state index in [0.29, 0.717) is 0 Å². The summed E-state index contributed by atoms with van der Waals surface area (Å²) in [6.07, 6.45) is 3.40. The predicted octanol–water partition coefficient (Wildman–Crippen LogP) is 7.68. The van der Waals surface area contributed by atoms with Gasteiger partial charge in [-0.15, -0.1) is 0 Å². The molecule has 0 aliphatic heterocycles. The first-order valence-electron chi connectivity index (χ1n) is 12.9. The van der Waals surface area contributed by atoms with Crippen LogP contribution in [0.1, 0.15) is 31.9 Å². The maximum Gasteiger partial charge on any atom is 0.223 e. The molecule has 194 valence electrons. The molecule has 3 heterocycles. The maximum absolute atomic E-state index is 13.6. The van der Waals surface area contributed by atoms with Gasteiger partial charge in [0.15, 0.2) is 5.03 Å². The van der Waals surface area contributed by atoms with Crippen LogP contribution in [0.4, 0.5) is 0 Å². The molecule has 0 aliphatic rings. The quantitative estimate of drug-likeness (QED) is 0.234. The largest absolute Gasteiger partial charge is 0.294 e. The number of fused-ring (bicyclic) bond motifs is 3. The standard InChI is InChI=1S/C33H29N3O2S/c1-22-14-16-34-31(18-22)36-29-11-6-5-10-27(29)28-13-12-24(20-30(28)36)23-8-7-9-26(19-23)39(37,38)32-21-25(15-17-35-32)33(2,3)4/h5-21H,1-4H3. The van der Waals surface area contributed by atoms with E-state index in [-0.39, 0.29) is 15.3 Å². The molecule has 0 radical (unpaired) electrons. The highest BCUT2D eigenvalue weighted by atomic mass is 32.2. The lowest BCUT2D eigenvalue weighted by molar-refractivity contribution is 0.579. The highest BCUT2D eigenvalue weighted by Gasteiger charge is 2.23. The number of pyridine rings is 2. The summed E-state index contributed by atoms with van der Waals surface area (Å²) in [5.74, 6) is 0.847.